The van der Waals surface area contributed by atoms with Gasteiger partial charge in [0.25, 0.3) is 0 Å². The second-order valence-electron chi connectivity index (χ2n) is 4.62. The van der Waals surface area contributed by atoms with Crippen molar-refractivity contribution in [2.45, 2.75) is 26.1 Å². The minimum Gasteiger partial charge on any atom is -0.491 e. The number of aliphatic hydroxyl groups excluding tert-OH is 1. The number of ether oxygens (including phenoxy) is 2. The summed E-state index contributed by atoms with van der Waals surface area (Å²) >= 11 is 0. The third-order valence-electron chi connectivity index (χ3n) is 2.72. The van der Waals surface area contributed by atoms with Gasteiger partial charge in [0.15, 0.2) is 0 Å². The van der Waals surface area contributed by atoms with E-state index in [4.69, 9.17) is 9.47 Å². The van der Waals surface area contributed by atoms with Crippen LogP contribution in [0.3, 0.4) is 0 Å². The highest BCUT2D eigenvalue weighted by Gasteiger charge is 2.13. The molecule has 5 nitrogen and oxygen atoms in total. The normalized spacial score (nSPS) is 12.2. The summed E-state index contributed by atoms with van der Waals surface area (Å²) in [4.78, 5) is 7.98. The molecule has 0 aliphatic heterocycles. The van der Waals surface area contributed by atoms with Crippen LogP contribution in [0.2, 0.25) is 0 Å². The standard InChI is InChI=1S/C15H18N2O3/c1-10(2)20-12-6-4-11(5-7-12)15(18)13-8-14(19-3)17-9-16-13/h4-10,15,18H,1-3H3. The summed E-state index contributed by atoms with van der Waals surface area (Å²) in [5, 5.41) is 10.3. The zero-order valence-electron chi connectivity index (χ0n) is 11.8. The van der Waals surface area contributed by atoms with E-state index < -0.39 is 6.10 Å². The summed E-state index contributed by atoms with van der Waals surface area (Å²) in [6, 6.07) is 8.91. The molecule has 0 bridgehead atoms. The van der Waals surface area contributed by atoms with E-state index in [0.29, 0.717) is 11.6 Å². The molecule has 0 spiro atoms. The van der Waals surface area contributed by atoms with Gasteiger partial charge in [0, 0.05) is 6.07 Å². The summed E-state index contributed by atoms with van der Waals surface area (Å²) in [6.45, 7) is 3.94. The van der Waals surface area contributed by atoms with Crippen molar-refractivity contribution in [2.75, 3.05) is 7.11 Å². The molecule has 20 heavy (non-hydrogen) atoms. The van der Waals surface area contributed by atoms with E-state index in [2.05, 4.69) is 9.97 Å². The molecular formula is C15H18N2O3. The van der Waals surface area contributed by atoms with E-state index >= 15 is 0 Å². The molecule has 5 heteroatoms. The quantitative estimate of drug-likeness (QED) is 0.906. The molecule has 1 N–H and O–H groups in total. The Balaban J connectivity index is 2.17. The number of aromatic nitrogens is 2. The first-order valence-corrected chi connectivity index (χ1v) is 6.40. The predicted octanol–water partition coefficient (Wildman–Crippen LogP) is 2.35. The van der Waals surface area contributed by atoms with E-state index in [0.717, 1.165) is 11.3 Å². The highest BCUT2D eigenvalue weighted by molar-refractivity contribution is 5.32. The Labute approximate surface area is 118 Å². The van der Waals surface area contributed by atoms with Crippen molar-refractivity contribution in [3.8, 4) is 11.6 Å². The molecule has 1 aromatic carbocycles. The number of hydrogen-bond acceptors (Lipinski definition) is 5. The fourth-order valence-corrected chi connectivity index (χ4v) is 1.79. The number of benzene rings is 1. The van der Waals surface area contributed by atoms with Crippen molar-refractivity contribution in [3.63, 3.8) is 0 Å². The van der Waals surface area contributed by atoms with Gasteiger partial charge in [-0.2, -0.15) is 0 Å². The fourth-order valence-electron chi connectivity index (χ4n) is 1.79. The molecule has 0 aliphatic carbocycles. The monoisotopic (exact) mass is 274 g/mol. The second-order valence-corrected chi connectivity index (χ2v) is 4.62. The lowest BCUT2D eigenvalue weighted by Gasteiger charge is -2.13. The van der Waals surface area contributed by atoms with Gasteiger partial charge >= 0.3 is 0 Å². The molecule has 1 heterocycles. The van der Waals surface area contributed by atoms with E-state index in [1.165, 1.54) is 13.4 Å². The largest absolute Gasteiger partial charge is 0.491 e. The molecule has 0 aliphatic rings. The summed E-state index contributed by atoms with van der Waals surface area (Å²) < 4.78 is 10.6. The highest BCUT2D eigenvalue weighted by Crippen LogP contribution is 2.24. The molecule has 2 rings (SSSR count). The Morgan fingerprint density at radius 3 is 2.40 bits per heavy atom. The van der Waals surface area contributed by atoms with Crippen molar-refractivity contribution < 1.29 is 14.6 Å². The van der Waals surface area contributed by atoms with Crippen LogP contribution in [-0.4, -0.2) is 28.3 Å². The van der Waals surface area contributed by atoms with Gasteiger partial charge in [-0.1, -0.05) is 12.1 Å². The molecule has 0 saturated heterocycles. The highest BCUT2D eigenvalue weighted by atomic mass is 16.5. The second kappa shape index (κ2) is 6.34. The van der Waals surface area contributed by atoms with E-state index in [1.807, 2.05) is 38.1 Å². The molecule has 0 saturated carbocycles. The third-order valence-corrected chi connectivity index (χ3v) is 2.72. The smallest absolute Gasteiger partial charge is 0.216 e. The van der Waals surface area contributed by atoms with Crippen LogP contribution in [-0.2, 0) is 0 Å². The SMILES string of the molecule is COc1cc(C(O)c2ccc(OC(C)C)cc2)ncn1. The summed E-state index contributed by atoms with van der Waals surface area (Å²) in [7, 11) is 1.52. The first kappa shape index (κ1) is 14.3. The van der Waals surface area contributed by atoms with Crippen LogP contribution in [0.15, 0.2) is 36.7 Å². The van der Waals surface area contributed by atoms with Crippen molar-refractivity contribution in [3.05, 3.63) is 47.9 Å². The van der Waals surface area contributed by atoms with Crippen LogP contribution in [0, 0.1) is 0 Å². The van der Waals surface area contributed by atoms with Crippen LogP contribution in [0.1, 0.15) is 31.2 Å². The third kappa shape index (κ3) is 3.45. The number of aliphatic hydroxyl groups is 1. The van der Waals surface area contributed by atoms with Crippen molar-refractivity contribution in [1.29, 1.82) is 0 Å². The Hall–Kier alpha value is -2.14. The van der Waals surface area contributed by atoms with E-state index in [1.54, 1.807) is 6.07 Å². The predicted molar refractivity (Wildman–Crippen MR) is 74.9 cm³/mol. The maximum Gasteiger partial charge on any atom is 0.216 e. The topological polar surface area (TPSA) is 64.5 Å². The molecule has 106 valence electrons. The van der Waals surface area contributed by atoms with Crippen LogP contribution < -0.4 is 9.47 Å². The minimum absolute atomic E-state index is 0.122. The summed E-state index contributed by atoms with van der Waals surface area (Å²) in [5.74, 6) is 1.20. The van der Waals surface area contributed by atoms with Crippen LogP contribution in [0.5, 0.6) is 11.6 Å². The first-order chi connectivity index (χ1) is 9.60. The van der Waals surface area contributed by atoms with Crippen molar-refractivity contribution in [1.82, 2.24) is 9.97 Å². The van der Waals surface area contributed by atoms with Gasteiger partial charge in [-0.25, -0.2) is 9.97 Å². The van der Waals surface area contributed by atoms with Gasteiger partial charge in [0.2, 0.25) is 5.88 Å². The molecule has 2 aromatic rings. The van der Waals surface area contributed by atoms with Crippen molar-refractivity contribution in [2.24, 2.45) is 0 Å². The molecule has 1 unspecified atom stereocenters. The van der Waals surface area contributed by atoms with E-state index in [-0.39, 0.29) is 6.10 Å². The summed E-state index contributed by atoms with van der Waals surface area (Å²) in [6.07, 6.45) is 0.671. The average molecular weight is 274 g/mol. The van der Waals surface area contributed by atoms with Gasteiger partial charge in [-0.15, -0.1) is 0 Å². The molecular weight excluding hydrogens is 256 g/mol. The minimum atomic E-state index is -0.819. The lowest BCUT2D eigenvalue weighted by molar-refractivity contribution is 0.213. The van der Waals surface area contributed by atoms with Gasteiger partial charge in [-0.05, 0) is 31.5 Å². The Morgan fingerprint density at radius 2 is 1.80 bits per heavy atom. The van der Waals surface area contributed by atoms with Crippen LogP contribution >= 0.6 is 0 Å². The lowest BCUT2D eigenvalue weighted by Crippen LogP contribution is -2.06. The number of rotatable bonds is 5. The zero-order valence-corrected chi connectivity index (χ0v) is 11.8. The lowest BCUT2D eigenvalue weighted by atomic mass is 10.1. The summed E-state index contributed by atoms with van der Waals surface area (Å²) in [5.41, 5.74) is 1.23. The van der Waals surface area contributed by atoms with Gasteiger partial charge in [0.1, 0.15) is 18.2 Å². The fraction of sp³-hybridized carbons (Fsp3) is 0.333. The molecule has 0 amide bonds. The first-order valence-electron chi connectivity index (χ1n) is 6.40. The van der Waals surface area contributed by atoms with Gasteiger partial charge < -0.3 is 14.6 Å². The molecule has 0 fully saturated rings. The maximum atomic E-state index is 10.3. The van der Waals surface area contributed by atoms with Gasteiger partial charge in [-0.3, -0.25) is 0 Å². The maximum absolute atomic E-state index is 10.3. The zero-order chi connectivity index (χ0) is 14.5. The van der Waals surface area contributed by atoms with Crippen LogP contribution in [0.25, 0.3) is 0 Å². The van der Waals surface area contributed by atoms with Gasteiger partial charge in [0.05, 0.1) is 18.9 Å². The molecule has 0 radical (unpaired) electrons. The number of methoxy groups -OCH3 is 1. The Bertz CT molecular complexity index is 555. The Morgan fingerprint density at radius 1 is 1.10 bits per heavy atom. The average Bonchev–Trinajstić information content (AvgIpc) is 2.47. The van der Waals surface area contributed by atoms with E-state index in [9.17, 15) is 5.11 Å². The Kier molecular flexibility index (Phi) is 4.53. The number of nitrogens with zero attached hydrogens (tertiary/aromatic N) is 2. The van der Waals surface area contributed by atoms with Crippen LogP contribution in [0.4, 0.5) is 0 Å². The molecule has 1 aromatic heterocycles. The number of hydrogen-bond donors (Lipinski definition) is 1. The van der Waals surface area contributed by atoms with Crippen molar-refractivity contribution >= 4 is 0 Å². The molecule has 1 atom stereocenters.